The first-order valence-corrected chi connectivity index (χ1v) is 7.68. The van der Waals surface area contributed by atoms with Crippen LogP contribution in [0.4, 0.5) is 23.7 Å². The van der Waals surface area contributed by atoms with E-state index in [1.54, 1.807) is 11.8 Å². The van der Waals surface area contributed by atoms with E-state index >= 15 is 0 Å². The number of aromatic nitrogens is 1. The van der Waals surface area contributed by atoms with Gasteiger partial charge in [0.15, 0.2) is 0 Å². The Bertz CT molecular complexity index is 563. The van der Waals surface area contributed by atoms with Gasteiger partial charge in [-0.25, -0.2) is 9.78 Å². The number of halogens is 3. The molecule has 0 unspecified atom stereocenters. The minimum atomic E-state index is -4.50. The number of amides is 2. The first-order chi connectivity index (χ1) is 11.2. The zero-order chi connectivity index (χ0) is 17.9. The van der Waals surface area contributed by atoms with E-state index in [4.69, 9.17) is 0 Å². The fourth-order valence-electron chi connectivity index (χ4n) is 2.71. The van der Waals surface area contributed by atoms with E-state index in [2.05, 4.69) is 15.2 Å². The lowest BCUT2D eigenvalue weighted by Crippen LogP contribution is -2.56. The zero-order valence-corrected chi connectivity index (χ0v) is 13.5. The number of alkyl halides is 3. The Morgan fingerprint density at radius 3 is 2.67 bits per heavy atom. The summed E-state index contributed by atoms with van der Waals surface area (Å²) in [7, 11) is 0. The van der Waals surface area contributed by atoms with Gasteiger partial charge in [0, 0.05) is 32.2 Å². The first-order valence-electron chi connectivity index (χ1n) is 7.68. The van der Waals surface area contributed by atoms with Crippen LogP contribution in [0.25, 0.3) is 0 Å². The monoisotopic (exact) mass is 346 g/mol. The summed E-state index contributed by atoms with van der Waals surface area (Å²) in [5, 5.41) is 12.0. The Labute approximate surface area is 138 Å². The molecule has 9 heteroatoms. The molecule has 0 aromatic carbocycles. The largest absolute Gasteiger partial charge is 0.433 e. The average molecular weight is 346 g/mol. The molecule has 0 bridgehead atoms. The number of aliphatic hydroxyl groups excluding tert-OH is 1. The second-order valence-corrected chi connectivity index (χ2v) is 6.01. The standard InChI is InChI=1S/C15H21F3N4O2/c1-10-8-21(9-11(2)23)5-6-22(10)14(24)20-12-3-4-13(19-7-12)15(16,17)18/h3-4,7,10-11,23H,5-6,8-9H2,1-2H3,(H,20,24)/t10-,11+/m0/s1. The molecule has 2 amide bonds. The van der Waals surface area contributed by atoms with Crippen LogP contribution < -0.4 is 5.32 Å². The third kappa shape index (κ3) is 4.81. The van der Waals surface area contributed by atoms with Gasteiger partial charge < -0.3 is 15.3 Å². The van der Waals surface area contributed by atoms with Crippen molar-refractivity contribution < 1.29 is 23.1 Å². The number of anilines is 1. The van der Waals surface area contributed by atoms with E-state index in [0.29, 0.717) is 26.2 Å². The minimum Gasteiger partial charge on any atom is -0.392 e. The van der Waals surface area contributed by atoms with Gasteiger partial charge in [-0.15, -0.1) is 0 Å². The van der Waals surface area contributed by atoms with Gasteiger partial charge in [0.2, 0.25) is 0 Å². The predicted molar refractivity (Wildman–Crippen MR) is 82.5 cm³/mol. The van der Waals surface area contributed by atoms with E-state index in [9.17, 15) is 23.1 Å². The summed E-state index contributed by atoms with van der Waals surface area (Å²) in [5.41, 5.74) is -0.785. The molecular formula is C15H21F3N4O2. The Morgan fingerprint density at radius 2 is 2.17 bits per heavy atom. The molecule has 2 N–H and O–H groups in total. The summed E-state index contributed by atoms with van der Waals surface area (Å²) in [6.45, 7) is 5.88. The summed E-state index contributed by atoms with van der Waals surface area (Å²) in [4.78, 5) is 19.3. The van der Waals surface area contributed by atoms with Crippen molar-refractivity contribution >= 4 is 11.7 Å². The van der Waals surface area contributed by atoms with Crippen molar-refractivity contribution in [1.82, 2.24) is 14.8 Å². The highest BCUT2D eigenvalue weighted by Crippen LogP contribution is 2.27. The fourth-order valence-corrected chi connectivity index (χ4v) is 2.71. The quantitative estimate of drug-likeness (QED) is 0.879. The molecule has 1 aliphatic rings. The number of carbonyl (C=O) groups excluding carboxylic acids is 1. The molecule has 6 nitrogen and oxygen atoms in total. The molecule has 1 aromatic rings. The van der Waals surface area contributed by atoms with Crippen molar-refractivity contribution in [2.45, 2.75) is 32.2 Å². The molecule has 2 heterocycles. The third-order valence-electron chi connectivity index (χ3n) is 3.80. The first kappa shape index (κ1) is 18.5. The van der Waals surface area contributed by atoms with Crippen LogP contribution in [0.15, 0.2) is 18.3 Å². The molecule has 0 aliphatic carbocycles. The normalized spacial score (nSPS) is 20.8. The van der Waals surface area contributed by atoms with Gasteiger partial charge in [-0.2, -0.15) is 13.2 Å². The molecule has 1 fully saturated rings. The van der Waals surface area contributed by atoms with Gasteiger partial charge in [-0.05, 0) is 26.0 Å². The Hall–Kier alpha value is -1.87. The highest BCUT2D eigenvalue weighted by atomic mass is 19.4. The second kappa shape index (κ2) is 7.35. The summed E-state index contributed by atoms with van der Waals surface area (Å²) in [6.07, 6.45) is -3.94. The number of pyridine rings is 1. The van der Waals surface area contributed by atoms with Crippen LogP contribution in [0.2, 0.25) is 0 Å². The van der Waals surface area contributed by atoms with Crippen LogP contribution >= 0.6 is 0 Å². The Morgan fingerprint density at radius 1 is 1.46 bits per heavy atom. The van der Waals surface area contributed by atoms with Crippen LogP contribution in [0, 0.1) is 0 Å². The predicted octanol–water partition coefficient (Wildman–Crippen LogP) is 2.02. The number of nitrogens with zero attached hydrogens (tertiary/aromatic N) is 3. The summed E-state index contributed by atoms with van der Waals surface area (Å²) in [6, 6.07) is 1.57. The van der Waals surface area contributed by atoms with Crippen molar-refractivity contribution in [2.75, 3.05) is 31.5 Å². The number of piperazine rings is 1. The molecule has 24 heavy (non-hydrogen) atoms. The van der Waals surface area contributed by atoms with Gasteiger partial charge >= 0.3 is 12.2 Å². The van der Waals surface area contributed by atoms with Crippen LogP contribution in [0.5, 0.6) is 0 Å². The molecule has 0 spiro atoms. The summed E-state index contributed by atoms with van der Waals surface area (Å²) < 4.78 is 37.4. The van der Waals surface area contributed by atoms with Crippen molar-refractivity contribution in [3.8, 4) is 0 Å². The lowest BCUT2D eigenvalue weighted by Gasteiger charge is -2.40. The van der Waals surface area contributed by atoms with Gasteiger partial charge in [0.05, 0.1) is 18.0 Å². The Balaban J connectivity index is 1.93. The van der Waals surface area contributed by atoms with Crippen molar-refractivity contribution in [1.29, 1.82) is 0 Å². The van der Waals surface area contributed by atoms with Crippen molar-refractivity contribution in [3.63, 3.8) is 0 Å². The smallest absolute Gasteiger partial charge is 0.392 e. The fraction of sp³-hybridized carbons (Fsp3) is 0.600. The van der Waals surface area contributed by atoms with E-state index in [0.717, 1.165) is 12.3 Å². The zero-order valence-electron chi connectivity index (χ0n) is 13.5. The van der Waals surface area contributed by atoms with E-state index in [1.807, 2.05) is 6.92 Å². The van der Waals surface area contributed by atoms with Gasteiger partial charge in [0.1, 0.15) is 5.69 Å². The highest BCUT2D eigenvalue weighted by Gasteiger charge is 2.32. The molecule has 1 aliphatic heterocycles. The number of β-amino-alcohol motifs (C(OH)–C–C–N with tert-alkyl or cyclic N) is 1. The number of hydrogen-bond donors (Lipinski definition) is 2. The highest BCUT2D eigenvalue weighted by molar-refractivity contribution is 5.89. The topological polar surface area (TPSA) is 68.7 Å². The third-order valence-corrected chi connectivity index (χ3v) is 3.80. The maximum atomic E-state index is 12.5. The molecular weight excluding hydrogens is 325 g/mol. The Kier molecular flexibility index (Phi) is 5.66. The van der Waals surface area contributed by atoms with Crippen LogP contribution in [0.1, 0.15) is 19.5 Å². The SMILES string of the molecule is C[C@@H](O)CN1CCN(C(=O)Nc2ccc(C(F)(F)F)nc2)[C@@H](C)C1. The van der Waals surface area contributed by atoms with Crippen molar-refractivity contribution in [3.05, 3.63) is 24.0 Å². The summed E-state index contributed by atoms with van der Waals surface area (Å²) >= 11 is 0. The van der Waals surface area contributed by atoms with Crippen molar-refractivity contribution in [2.24, 2.45) is 0 Å². The van der Waals surface area contributed by atoms with E-state index in [1.165, 1.54) is 6.07 Å². The average Bonchev–Trinajstić information content (AvgIpc) is 2.46. The van der Waals surface area contributed by atoms with Gasteiger partial charge in [0.25, 0.3) is 0 Å². The molecule has 0 radical (unpaired) electrons. The molecule has 2 rings (SSSR count). The van der Waals surface area contributed by atoms with E-state index < -0.39 is 18.0 Å². The number of aliphatic hydroxyl groups is 1. The lowest BCUT2D eigenvalue weighted by molar-refractivity contribution is -0.141. The number of carbonyl (C=O) groups is 1. The maximum absolute atomic E-state index is 12.5. The molecule has 134 valence electrons. The number of hydrogen-bond acceptors (Lipinski definition) is 4. The minimum absolute atomic E-state index is 0.0695. The second-order valence-electron chi connectivity index (χ2n) is 6.01. The van der Waals surface area contributed by atoms with Crippen LogP contribution in [-0.4, -0.2) is 64.2 Å². The molecule has 2 atom stereocenters. The molecule has 0 saturated carbocycles. The number of rotatable bonds is 3. The molecule has 1 aromatic heterocycles. The number of urea groups is 1. The lowest BCUT2D eigenvalue weighted by atomic mass is 10.2. The van der Waals surface area contributed by atoms with E-state index in [-0.39, 0.29) is 17.8 Å². The van der Waals surface area contributed by atoms with Crippen LogP contribution in [-0.2, 0) is 6.18 Å². The van der Waals surface area contributed by atoms with Crippen LogP contribution in [0.3, 0.4) is 0 Å². The number of nitrogens with one attached hydrogen (secondary N) is 1. The van der Waals surface area contributed by atoms with Gasteiger partial charge in [-0.1, -0.05) is 0 Å². The maximum Gasteiger partial charge on any atom is 0.433 e. The van der Waals surface area contributed by atoms with Gasteiger partial charge in [-0.3, -0.25) is 4.90 Å². The summed E-state index contributed by atoms with van der Waals surface area (Å²) in [5.74, 6) is 0. The molecule has 1 saturated heterocycles.